The number of nitrogens with one attached hydrogen (secondary N) is 1. The summed E-state index contributed by atoms with van der Waals surface area (Å²) < 4.78 is 5.76. The van der Waals surface area contributed by atoms with Crippen LogP contribution in [-0.2, 0) is 11.2 Å². The van der Waals surface area contributed by atoms with Crippen LogP contribution in [0.4, 0.5) is 10.5 Å². The summed E-state index contributed by atoms with van der Waals surface area (Å²) in [6.45, 7) is 7.28. The van der Waals surface area contributed by atoms with E-state index in [9.17, 15) is 9.59 Å². The first-order valence-electron chi connectivity index (χ1n) is 8.89. The number of oxazole rings is 1. The molecule has 2 heterocycles. The Hall–Kier alpha value is -2.57. The molecular weight excluding hydrogens is 334 g/mol. The molecule has 26 heavy (non-hydrogen) atoms. The van der Waals surface area contributed by atoms with Crippen LogP contribution in [0.5, 0.6) is 0 Å². The molecule has 1 aliphatic rings. The molecular formula is C19H25N3O4. The zero-order chi connectivity index (χ0) is 18.9. The third kappa shape index (κ3) is 4.33. The van der Waals surface area contributed by atoms with Crippen LogP contribution in [0.2, 0.25) is 0 Å². The molecule has 140 valence electrons. The van der Waals surface area contributed by atoms with Gasteiger partial charge in [-0.3, -0.25) is 4.79 Å². The van der Waals surface area contributed by atoms with Crippen LogP contribution < -0.4 is 5.32 Å². The Kier molecular flexibility index (Phi) is 4.89. The van der Waals surface area contributed by atoms with E-state index in [0.29, 0.717) is 48.6 Å². The molecule has 7 nitrogen and oxygen atoms in total. The number of anilines is 1. The van der Waals surface area contributed by atoms with E-state index in [4.69, 9.17) is 9.52 Å². The lowest BCUT2D eigenvalue weighted by Gasteiger charge is -2.30. The number of rotatable bonds is 3. The van der Waals surface area contributed by atoms with E-state index in [0.717, 1.165) is 6.42 Å². The largest absolute Gasteiger partial charge is 0.481 e. The van der Waals surface area contributed by atoms with Crippen molar-refractivity contribution in [2.75, 3.05) is 18.4 Å². The van der Waals surface area contributed by atoms with Crippen molar-refractivity contribution in [3.63, 3.8) is 0 Å². The molecule has 1 aromatic carbocycles. The van der Waals surface area contributed by atoms with E-state index in [-0.39, 0.29) is 17.4 Å². The van der Waals surface area contributed by atoms with Crippen LogP contribution >= 0.6 is 0 Å². The van der Waals surface area contributed by atoms with E-state index in [1.807, 2.05) is 0 Å². The maximum Gasteiger partial charge on any atom is 0.321 e. The molecule has 7 heteroatoms. The van der Waals surface area contributed by atoms with Crippen molar-refractivity contribution in [3.05, 3.63) is 24.1 Å². The van der Waals surface area contributed by atoms with Crippen molar-refractivity contribution in [2.45, 2.75) is 40.0 Å². The highest BCUT2D eigenvalue weighted by Gasteiger charge is 2.27. The summed E-state index contributed by atoms with van der Waals surface area (Å²) in [5.41, 5.74) is 2.15. The summed E-state index contributed by atoms with van der Waals surface area (Å²) in [6, 6.07) is 5.18. The Bertz CT molecular complexity index is 814. The van der Waals surface area contributed by atoms with Gasteiger partial charge in [0.2, 0.25) is 0 Å². The van der Waals surface area contributed by atoms with Gasteiger partial charge in [0.1, 0.15) is 5.52 Å². The van der Waals surface area contributed by atoms with E-state index in [2.05, 4.69) is 31.1 Å². The van der Waals surface area contributed by atoms with Crippen molar-refractivity contribution in [1.29, 1.82) is 0 Å². The van der Waals surface area contributed by atoms with Gasteiger partial charge in [-0.05, 0) is 36.5 Å². The average Bonchev–Trinajstić information content (AvgIpc) is 2.94. The Labute approximate surface area is 152 Å². The van der Waals surface area contributed by atoms with Gasteiger partial charge < -0.3 is 19.7 Å². The van der Waals surface area contributed by atoms with Gasteiger partial charge in [-0.15, -0.1) is 0 Å². The second-order valence-corrected chi connectivity index (χ2v) is 8.06. The fraction of sp³-hybridized carbons (Fsp3) is 0.526. The molecule has 0 aliphatic carbocycles. The number of likely N-dealkylation sites (tertiary alicyclic amines) is 1. The van der Waals surface area contributed by atoms with E-state index in [1.54, 1.807) is 23.1 Å². The van der Waals surface area contributed by atoms with Crippen molar-refractivity contribution >= 4 is 28.8 Å². The molecule has 1 saturated heterocycles. The topological polar surface area (TPSA) is 95.7 Å². The van der Waals surface area contributed by atoms with Crippen LogP contribution in [0.15, 0.2) is 22.6 Å². The maximum atomic E-state index is 12.4. The van der Waals surface area contributed by atoms with Gasteiger partial charge in [-0.25, -0.2) is 9.78 Å². The number of carboxylic acid groups (broad SMARTS) is 1. The first-order valence-corrected chi connectivity index (χ1v) is 8.89. The first-order chi connectivity index (χ1) is 12.2. The Morgan fingerprint density at radius 3 is 2.62 bits per heavy atom. The average molecular weight is 359 g/mol. The number of benzene rings is 1. The predicted octanol–water partition coefficient (Wildman–Crippen LogP) is 3.74. The van der Waals surface area contributed by atoms with Crippen LogP contribution in [0, 0.1) is 11.3 Å². The number of aromatic nitrogens is 1. The molecule has 1 aliphatic heterocycles. The van der Waals surface area contributed by atoms with Gasteiger partial charge in [0, 0.05) is 25.2 Å². The number of hydrogen-bond donors (Lipinski definition) is 2. The lowest BCUT2D eigenvalue weighted by atomic mass is 9.92. The smallest absolute Gasteiger partial charge is 0.321 e. The Morgan fingerprint density at radius 2 is 2.00 bits per heavy atom. The van der Waals surface area contributed by atoms with E-state index in [1.165, 1.54) is 0 Å². The molecule has 0 bridgehead atoms. The molecule has 1 aromatic heterocycles. The fourth-order valence-corrected chi connectivity index (χ4v) is 3.11. The SMILES string of the molecule is CC(C)(C)Cc1nc2cc(NC(=O)N3CCC(C(=O)O)CC3)ccc2o1. The molecule has 0 unspecified atom stereocenters. The highest BCUT2D eigenvalue weighted by Crippen LogP contribution is 2.25. The van der Waals surface area contributed by atoms with Crippen LogP contribution in [0.1, 0.15) is 39.5 Å². The normalized spacial score (nSPS) is 16.0. The second-order valence-electron chi connectivity index (χ2n) is 8.06. The van der Waals surface area contributed by atoms with Crippen molar-refractivity contribution in [1.82, 2.24) is 9.88 Å². The number of carbonyl (C=O) groups excluding carboxylic acids is 1. The summed E-state index contributed by atoms with van der Waals surface area (Å²) in [5, 5.41) is 11.9. The van der Waals surface area contributed by atoms with E-state index >= 15 is 0 Å². The van der Waals surface area contributed by atoms with Crippen molar-refractivity contribution < 1.29 is 19.1 Å². The van der Waals surface area contributed by atoms with Crippen molar-refractivity contribution in [3.8, 4) is 0 Å². The lowest BCUT2D eigenvalue weighted by molar-refractivity contribution is -0.143. The summed E-state index contributed by atoms with van der Waals surface area (Å²) >= 11 is 0. The molecule has 2 N–H and O–H groups in total. The minimum absolute atomic E-state index is 0.0833. The third-order valence-corrected chi connectivity index (χ3v) is 4.50. The number of urea groups is 1. The van der Waals surface area contributed by atoms with Crippen molar-refractivity contribution in [2.24, 2.45) is 11.3 Å². The standard InChI is InChI=1S/C19H25N3O4/c1-19(2,3)11-16-21-14-10-13(4-5-15(14)26-16)20-18(25)22-8-6-12(7-9-22)17(23)24/h4-5,10,12H,6-9,11H2,1-3H3,(H,20,25)(H,23,24). The number of piperidine rings is 1. The molecule has 0 spiro atoms. The second kappa shape index (κ2) is 6.97. The summed E-state index contributed by atoms with van der Waals surface area (Å²) in [6.07, 6.45) is 1.71. The summed E-state index contributed by atoms with van der Waals surface area (Å²) in [4.78, 5) is 29.6. The van der Waals surface area contributed by atoms with Gasteiger partial charge in [-0.1, -0.05) is 20.8 Å². The minimum atomic E-state index is -0.785. The number of carbonyl (C=O) groups is 2. The van der Waals surface area contributed by atoms with Crippen LogP contribution in [0.3, 0.4) is 0 Å². The molecule has 2 amide bonds. The van der Waals surface area contributed by atoms with Gasteiger partial charge in [0.15, 0.2) is 11.5 Å². The predicted molar refractivity (Wildman–Crippen MR) is 98.1 cm³/mol. The van der Waals surface area contributed by atoms with Gasteiger partial charge >= 0.3 is 12.0 Å². The van der Waals surface area contributed by atoms with Crippen LogP contribution in [-0.4, -0.2) is 40.1 Å². The molecule has 3 rings (SSSR count). The van der Waals surface area contributed by atoms with Gasteiger partial charge in [0.05, 0.1) is 5.92 Å². The quantitative estimate of drug-likeness (QED) is 0.870. The monoisotopic (exact) mass is 359 g/mol. The Morgan fingerprint density at radius 1 is 1.31 bits per heavy atom. The zero-order valence-corrected chi connectivity index (χ0v) is 15.4. The maximum absolute atomic E-state index is 12.4. The summed E-state index contributed by atoms with van der Waals surface area (Å²) in [5.74, 6) is -0.453. The number of fused-ring (bicyclic) bond motifs is 1. The third-order valence-electron chi connectivity index (χ3n) is 4.50. The van der Waals surface area contributed by atoms with Crippen LogP contribution in [0.25, 0.3) is 11.1 Å². The fourth-order valence-electron chi connectivity index (χ4n) is 3.11. The highest BCUT2D eigenvalue weighted by molar-refractivity contribution is 5.91. The lowest BCUT2D eigenvalue weighted by Crippen LogP contribution is -2.42. The Balaban J connectivity index is 1.65. The number of nitrogens with zero attached hydrogens (tertiary/aromatic N) is 2. The summed E-state index contributed by atoms with van der Waals surface area (Å²) in [7, 11) is 0. The van der Waals surface area contributed by atoms with Gasteiger partial charge in [0.25, 0.3) is 0 Å². The number of carboxylic acids is 1. The number of hydrogen-bond acceptors (Lipinski definition) is 4. The number of amides is 2. The number of aliphatic carboxylic acids is 1. The molecule has 2 aromatic rings. The minimum Gasteiger partial charge on any atom is -0.481 e. The molecule has 0 atom stereocenters. The van der Waals surface area contributed by atoms with Gasteiger partial charge in [-0.2, -0.15) is 0 Å². The van der Waals surface area contributed by atoms with E-state index < -0.39 is 5.97 Å². The first kappa shape index (κ1) is 18.2. The molecule has 0 radical (unpaired) electrons. The molecule has 1 fully saturated rings. The highest BCUT2D eigenvalue weighted by atomic mass is 16.4. The molecule has 0 saturated carbocycles. The zero-order valence-electron chi connectivity index (χ0n) is 15.4.